The van der Waals surface area contributed by atoms with E-state index >= 15 is 0 Å². The van der Waals surface area contributed by atoms with E-state index in [0.29, 0.717) is 12.0 Å². The van der Waals surface area contributed by atoms with Crippen molar-refractivity contribution in [2.75, 3.05) is 19.6 Å². The Morgan fingerprint density at radius 2 is 1.62 bits per heavy atom. The molecule has 0 rings (SSSR count). The van der Waals surface area contributed by atoms with Crippen molar-refractivity contribution in [1.82, 2.24) is 10.6 Å². The summed E-state index contributed by atoms with van der Waals surface area (Å²) < 4.78 is 0. The zero-order valence-corrected chi connectivity index (χ0v) is 11.1. The first-order chi connectivity index (χ1) is 7.56. The van der Waals surface area contributed by atoms with Crippen LogP contribution in [0.4, 0.5) is 0 Å². The number of hydrogen-bond donors (Lipinski definition) is 2. The molecule has 1 radical (unpaired) electrons. The largest absolute Gasteiger partial charge is 0.347 e. The molecule has 0 aromatic rings. The third kappa shape index (κ3) is 13.4. The minimum atomic E-state index is 0.481. The SMILES string of the molecule is CC(C)(C)CCCCCCNCCN[C]=O. The minimum Gasteiger partial charge on any atom is -0.347 e. The maximum atomic E-state index is 9.83. The molecule has 0 saturated carbocycles. The summed E-state index contributed by atoms with van der Waals surface area (Å²) in [5.74, 6) is 0. The maximum absolute atomic E-state index is 9.83. The van der Waals surface area contributed by atoms with Crippen molar-refractivity contribution in [3.63, 3.8) is 0 Å². The quantitative estimate of drug-likeness (QED) is 0.444. The molecule has 95 valence electrons. The summed E-state index contributed by atoms with van der Waals surface area (Å²) >= 11 is 0. The molecule has 2 N–H and O–H groups in total. The topological polar surface area (TPSA) is 41.1 Å². The average Bonchev–Trinajstić information content (AvgIpc) is 2.19. The molecule has 3 heteroatoms. The summed E-state index contributed by atoms with van der Waals surface area (Å²) in [6.45, 7) is 9.46. The molecule has 0 spiro atoms. The van der Waals surface area contributed by atoms with Gasteiger partial charge in [-0.1, -0.05) is 40.0 Å². The Balaban J connectivity index is 3.01. The second kappa shape index (κ2) is 9.64. The zero-order valence-electron chi connectivity index (χ0n) is 11.1. The number of unbranched alkanes of at least 4 members (excludes halogenated alkanes) is 3. The molecule has 3 nitrogen and oxygen atoms in total. The fraction of sp³-hybridized carbons (Fsp3) is 0.923. The lowest BCUT2D eigenvalue weighted by Crippen LogP contribution is -2.26. The van der Waals surface area contributed by atoms with Gasteiger partial charge in [-0.15, -0.1) is 0 Å². The molecule has 0 bridgehead atoms. The van der Waals surface area contributed by atoms with Crippen molar-refractivity contribution in [3.8, 4) is 0 Å². The Morgan fingerprint density at radius 1 is 0.938 bits per heavy atom. The van der Waals surface area contributed by atoms with E-state index in [1.807, 2.05) is 0 Å². The second-order valence-corrected chi connectivity index (χ2v) is 5.50. The van der Waals surface area contributed by atoms with Gasteiger partial charge < -0.3 is 10.6 Å². The van der Waals surface area contributed by atoms with Crippen LogP contribution in [0.5, 0.6) is 0 Å². The fourth-order valence-electron chi connectivity index (χ4n) is 1.59. The van der Waals surface area contributed by atoms with E-state index in [4.69, 9.17) is 0 Å². The van der Waals surface area contributed by atoms with E-state index in [1.165, 1.54) is 32.1 Å². The number of hydrogen-bond acceptors (Lipinski definition) is 2. The van der Waals surface area contributed by atoms with Crippen molar-refractivity contribution in [2.45, 2.75) is 52.9 Å². The van der Waals surface area contributed by atoms with Crippen LogP contribution in [0.3, 0.4) is 0 Å². The van der Waals surface area contributed by atoms with Gasteiger partial charge in [0.15, 0.2) is 0 Å². The molecule has 0 aliphatic heterocycles. The summed E-state index contributed by atoms with van der Waals surface area (Å²) in [6.07, 6.45) is 8.18. The van der Waals surface area contributed by atoms with Gasteiger partial charge in [-0.25, -0.2) is 0 Å². The predicted molar refractivity (Wildman–Crippen MR) is 69.1 cm³/mol. The molecule has 0 fully saturated rings. The highest BCUT2D eigenvalue weighted by Crippen LogP contribution is 2.22. The molecule has 1 amide bonds. The third-order valence-electron chi connectivity index (χ3n) is 2.53. The van der Waals surface area contributed by atoms with Gasteiger partial charge in [0.2, 0.25) is 0 Å². The summed E-state index contributed by atoms with van der Waals surface area (Å²) in [5.41, 5.74) is 0.481. The van der Waals surface area contributed by atoms with Crippen molar-refractivity contribution in [1.29, 1.82) is 0 Å². The Bertz CT molecular complexity index is 164. The number of nitrogens with one attached hydrogen (secondary N) is 2. The van der Waals surface area contributed by atoms with Crippen LogP contribution in [0, 0.1) is 5.41 Å². The lowest BCUT2D eigenvalue weighted by atomic mass is 9.89. The summed E-state index contributed by atoms with van der Waals surface area (Å²) in [7, 11) is 0. The smallest absolute Gasteiger partial charge is 0.309 e. The van der Waals surface area contributed by atoms with Crippen LogP contribution in [0.15, 0.2) is 0 Å². The predicted octanol–water partition coefficient (Wildman–Crippen LogP) is 2.23. The summed E-state index contributed by atoms with van der Waals surface area (Å²) in [5, 5.41) is 5.79. The molecule has 0 heterocycles. The van der Waals surface area contributed by atoms with Gasteiger partial charge in [0.05, 0.1) is 0 Å². The third-order valence-corrected chi connectivity index (χ3v) is 2.53. The van der Waals surface area contributed by atoms with Gasteiger partial charge in [-0.2, -0.15) is 0 Å². The molecule has 0 atom stereocenters. The number of carbonyl (C=O) groups excluding carboxylic acids is 1. The first kappa shape index (κ1) is 15.4. The highest BCUT2D eigenvalue weighted by atomic mass is 16.1. The van der Waals surface area contributed by atoms with Crippen LogP contribution in [-0.4, -0.2) is 26.0 Å². The van der Waals surface area contributed by atoms with Crippen molar-refractivity contribution in [3.05, 3.63) is 0 Å². The van der Waals surface area contributed by atoms with E-state index in [2.05, 4.69) is 31.4 Å². The van der Waals surface area contributed by atoms with Crippen LogP contribution in [0.2, 0.25) is 0 Å². The molecule has 0 aromatic heterocycles. The van der Waals surface area contributed by atoms with Crippen molar-refractivity contribution < 1.29 is 4.79 Å². The van der Waals surface area contributed by atoms with Crippen molar-refractivity contribution >= 4 is 6.41 Å². The Kier molecular flexibility index (Phi) is 9.30. The van der Waals surface area contributed by atoms with Gasteiger partial charge in [-0.05, 0) is 24.8 Å². The lowest BCUT2D eigenvalue weighted by Gasteiger charge is -2.17. The first-order valence-corrected chi connectivity index (χ1v) is 6.37. The highest BCUT2D eigenvalue weighted by Gasteiger charge is 2.08. The fourth-order valence-corrected chi connectivity index (χ4v) is 1.59. The van der Waals surface area contributed by atoms with Crippen molar-refractivity contribution in [2.24, 2.45) is 5.41 Å². The number of rotatable bonds is 10. The van der Waals surface area contributed by atoms with E-state index in [9.17, 15) is 4.79 Å². The van der Waals surface area contributed by atoms with E-state index in [1.54, 1.807) is 6.41 Å². The zero-order chi connectivity index (χ0) is 12.3. The molecule has 0 saturated heterocycles. The minimum absolute atomic E-state index is 0.481. The molecule has 0 aliphatic rings. The highest BCUT2D eigenvalue weighted by molar-refractivity contribution is 5.46. The average molecular weight is 227 g/mol. The van der Waals surface area contributed by atoms with Crippen LogP contribution in [0.25, 0.3) is 0 Å². The summed E-state index contributed by atoms with van der Waals surface area (Å²) in [6, 6.07) is 0. The molecular weight excluding hydrogens is 200 g/mol. The van der Waals surface area contributed by atoms with Gasteiger partial charge in [0, 0.05) is 13.1 Å². The Labute approximate surface area is 100 Å². The van der Waals surface area contributed by atoms with Crippen LogP contribution < -0.4 is 10.6 Å². The Hall–Kier alpha value is -0.570. The molecule has 0 aliphatic carbocycles. The molecular formula is C13H27N2O. The van der Waals surface area contributed by atoms with Gasteiger partial charge in [0.1, 0.15) is 0 Å². The van der Waals surface area contributed by atoms with Crippen LogP contribution in [-0.2, 0) is 4.79 Å². The number of amides is 1. The monoisotopic (exact) mass is 227 g/mol. The Morgan fingerprint density at radius 3 is 2.25 bits per heavy atom. The lowest BCUT2D eigenvalue weighted by molar-refractivity contribution is 0.357. The maximum Gasteiger partial charge on any atom is 0.309 e. The molecule has 0 aromatic carbocycles. The summed E-state index contributed by atoms with van der Waals surface area (Å²) in [4.78, 5) is 9.83. The van der Waals surface area contributed by atoms with E-state index in [-0.39, 0.29) is 0 Å². The molecule has 16 heavy (non-hydrogen) atoms. The van der Waals surface area contributed by atoms with Crippen LogP contribution in [0.1, 0.15) is 52.9 Å². The van der Waals surface area contributed by atoms with Gasteiger partial charge >= 0.3 is 6.41 Å². The van der Waals surface area contributed by atoms with E-state index in [0.717, 1.165) is 13.1 Å². The standard InChI is InChI=1S/C13H27N2O/c1-13(2,3)8-6-4-5-7-9-14-10-11-15-12-16/h14H,4-11H2,1-3H3,(H,15,16). The first-order valence-electron chi connectivity index (χ1n) is 6.37. The van der Waals surface area contributed by atoms with Crippen LogP contribution >= 0.6 is 0 Å². The van der Waals surface area contributed by atoms with Gasteiger partial charge in [-0.3, -0.25) is 4.79 Å². The molecule has 0 unspecified atom stereocenters. The van der Waals surface area contributed by atoms with E-state index < -0.39 is 0 Å². The second-order valence-electron chi connectivity index (χ2n) is 5.50. The van der Waals surface area contributed by atoms with Gasteiger partial charge in [0.25, 0.3) is 0 Å². The normalized spacial score (nSPS) is 11.4.